The van der Waals surface area contributed by atoms with E-state index in [-0.39, 0.29) is 10.9 Å². The summed E-state index contributed by atoms with van der Waals surface area (Å²) in [6.07, 6.45) is 0. The number of hydrogen-bond donors (Lipinski definition) is 1. The van der Waals surface area contributed by atoms with Gasteiger partial charge in [0.15, 0.2) is 5.76 Å². The van der Waals surface area contributed by atoms with Crippen LogP contribution in [0.25, 0.3) is 0 Å². The van der Waals surface area contributed by atoms with Crippen LogP contribution < -0.4 is 5.73 Å². The van der Waals surface area contributed by atoms with Crippen molar-refractivity contribution in [3.05, 3.63) is 34.9 Å². The standard InChI is InChI=1S/C15H20N4O5S/c1-10-12(11(2)24-17-10)9-18-5-7-19(8-6-18)25(21,22)14-4-3-13(23-14)15(16)20/h3-4H,5-9H2,1-2H3,(H2,16,20). The highest BCUT2D eigenvalue weighted by Gasteiger charge is 2.31. The van der Waals surface area contributed by atoms with Crippen LogP contribution in [0, 0.1) is 13.8 Å². The molecular formula is C15H20N4O5S. The molecular weight excluding hydrogens is 348 g/mol. The normalized spacial score (nSPS) is 17.0. The summed E-state index contributed by atoms with van der Waals surface area (Å²) in [4.78, 5) is 13.2. The molecule has 0 unspecified atom stereocenters. The second-order valence-electron chi connectivity index (χ2n) is 5.97. The molecule has 1 saturated heterocycles. The first-order valence-corrected chi connectivity index (χ1v) is 9.27. The number of aryl methyl sites for hydroxylation is 2. The minimum atomic E-state index is -3.78. The van der Waals surface area contributed by atoms with E-state index in [4.69, 9.17) is 14.7 Å². The zero-order valence-corrected chi connectivity index (χ0v) is 14.9. The van der Waals surface area contributed by atoms with E-state index in [0.717, 1.165) is 17.0 Å². The van der Waals surface area contributed by atoms with Gasteiger partial charge >= 0.3 is 0 Å². The molecule has 136 valence electrons. The largest absolute Gasteiger partial charge is 0.438 e. The number of primary amides is 1. The zero-order chi connectivity index (χ0) is 18.2. The molecule has 3 rings (SSSR count). The van der Waals surface area contributed by atoms with E-state index in [2.05, 4.69) is 10.1 Å². The van der Waals surface area contributed by atoms with Crippen LogP contribution in [0.1, 0.15) is 27.6 Å². The number of sulfonamides is 1. The Bertz CT molecular complexity index is 858. The van der Waals surface area contributed by atoms with Crippen molar-refractivity contribution in [1.29, 1.82) is 0 Å². The number of piperazine rings is 1. The van der Waals surface area contributed by atoms with Crippen molar-refractivity contribution in [3.8, 4) is 0 Å². The van der Waals surface area contributed by atoms with Crippen molar-refractivity contribution in [1.82, 2.24) is 14.4 Å². The lowest BCUT2D eigenvalue weighted by molar-refractivity contribution is 0.0968. The van der Waals surface area contributed by atoms with E-state index in [1.807, 2.05) is 13.8 Å². The molecule has 1 fully saturated rings. The van der Waals surface area contributed by atoms with Gasteiger partial charge in [-0.1, -0.05) is 5.16 Å². The quantitative estimate of drug-likeness (QED) is 0.814. The molecule has 25 heavy (non-hydrogen) atoms. The topological polar surface area (TPSA) is 123 Å². The lowest BCUT2D eigenvalue weighted by Crippen LogP contribution is -2.48. The highest BCUT2D eigenvalue weighted by atomic mass is 32.2. The number of aromatic nitrogens is 1. The smallest absolute Gasteiger partial charge is 0.284 e. The van der Waals surface area contributed by atoms with E-state index in [0.29, 0.717) is 32.7 Å². The second-order valence-corrected chi connectivity index (χ2v) is 7.83. The number of hydrogen-bond acceptors (Lipinski definition) is 7. The van der Waals surface area contributed by atoms with Crippen molar-refractivity contribution in [2.45, 2.75) is 25.5 Å². The summed E-state index contributed by atoms with van der Waals surface area (Å²) < 4.78 is 36.8. The third kappa shape index (κ3) is 3.46. The van der Waals surface area contributed by atoms with Gasteiger partial charge in [0.05, 0.1) is 5.69 Å². The fourth-order valence-electron chi connectivity index (χ4n) is 2.80. The van der Waals surface area contributed by atoms with Crippen LogP contribution in [0.4, 0.5) is 0 Å². The minimum absolute atomic E-state index is 0.171. The molecule has 1 amide bonds. The summed E-state index contributed by atoms with van der Waals surface area (Å²) in [5.41, 5.74) is 6.98. The third-order valence-electron chi connectivity index (χ3n) is 4.31. The van der Waals surface area contributed by atoms with Crippen LogP contribution in [0.15, 0.2) is 26.2 Å². The first kappa shape index (κ1) is 17.6. The molecule has 0 bridgehead atoms. The van der Waals surface area contributed by atoms with Gasteiger partial charge in [-0.3, -0.25) is 9.69 Å². The van der Waals surface area contributed by atoms with Crippen LogP contribution in [-0.4, -0.2) is 54.9 Å². The highest BCUT2D eigenvalue weighted by molar-refractivity contribution is 7.89. The average molecular weight is 368 g/mol. The lowest BCUT2D eigenvalue weighted by Gasteiger charge is -2.33. The van der Waals surface area contributed by atoms with E-state index >= 15 is 0 Å². The number of nitrogens with zero attached hydrogens (tertiary/aromatic N) is 3. The van der Waals surface area contributed by atoms with Crippen molar-refractivity contribution in [3.63, 3.8) is 0 Å². The van der Waals surface area contributed by atoms with Gasteiger partial charge in [-0.15, -0.1) is 0 Å². The van der Waals surface area contributed by atoms with E-state index in [1.54, 1.807) is 0 Å². The van der Waals surface area contributed by atoms with E-state index < -0.39 is 15.9 Å². The Morgan fingerprint density at radius 1 is 1.24 bits per heavy atom. The van der Waals surface area contributed by atoms with Gasteiger partial charge in [0.1, 0.15) is 5.76 Å². The van der Waals surface area contributed by atoms with Crippen LogP contribution >= 0.6 is 0 Å². The van der Waals surface area contributed by atoms with Gasteiger partial charge in [-0.2, -0.15) is 4.31 Å². The van der Waals surface area contributed by atoms with Crippen molar-refractivity contribution >= 4 is 15.9 Å². The van der Waals surface area contributed by atoms with Crippen molar-refractivity contribution < 1.29 is 22.2 Å². The molecule has 0 aliphatic carbocycles. The van der Waals surface area contributed by atoms with E-state index in [1.165, 1.54) is 16.4 Å². The molecule has 1 aliphatic rings. The summed E-state index contributed by atoms with van der Waals surface area (Å²) in [6, 6.07) is 2.52. The molecule has 10 heteroatoms. The SMILES string of the molecule is Cc1noc(C)c1CN1CCN(S(=O)(=O)c2ccc(C(N)=O)o2)CC1. The Hall–Kier alpha value is -2.17. The van der Waals surface area contributed by atoms with Crippen LogP contribution in [0.3, 0.4) is 0 Å². The summed E-state index contributed by atoms with van der Waals surface area (Å²) in [5, 5.41) is 3.67. The third-order valence-corrected chi connectivity index (χ3v) is 6.09. The van der Waals surface area contributed by atoms with Crippen LogP contribution in [0.2, 0.25) is 0 Å². The van der Waals surface area contributed by atoms with Gasteiger partial charge < -0.3 is 14.7 Å². The maximum Gasteiger partial charge on any atom is 0.284 e. The number of nitrogens with two attached hydrogens (primary N) is 1. The molecule has 9 nitrogen and oxygen atoms in total. The molecule has 2 aromatic heterocycles. The molecule has 0 saturated carbocycles. The minimum Gasteiger partial charge on any atom is -0.438 e. The van der Waals surface area contributed by atoms with Crippen LogP contribution in [-0.2, 0) is 16.6 Å². The van der Waals surface area contributed by atoms with Gasteiger partial charge in [-0.25, -0.2) is 8.42 Å². The first-order chi connectivity index (χ1) is 11.8. The van der Waals surface area contributed by atoms with Crippen molar-refractivity contribution in [2.24, 2.45) is 5.73 Å². The highest BCUT2D eigenvalue weighted by Crippen LogP contribution is 2.21. The molecule has 2 aromatic rings. The van der Waals surface area contributed by atoms with Crippen LogP contribution in [0.5, 0.6) is 0 Å². The molecule has 0 aromatic carbocycles. The molecule has 0 radical (unpaired) electrons. The Morgan fingerprint density at radius 2 is 1.92 bits per heavy atom. The second kappa shape index (κ2) is 6.62. The molecule has 2 N–H and O–H groups in total. The predicted molar refractivity (Wildman–Crippen MR) is 87.2 cm³/mol. The lowest BCUT2D eigenvalue weighted by atomic mass is 10.2. The van der Waals surface area contributed by atoms with Gasteiger partial charge in [0.2, 0.25) is 5.09 Å². The Kier molecular flexibility index (Phi) is 4.67. The average Bonchev–Trinajstić information content (AvgIpc) is 3.19. The number of rotatable bonds is 5. The summed E-state index contributed by atoms with van der Waals surface area (Å²) in [6.45, 7) is 6.24. The van der Waals surface area contributed by atoms with Gasteiger partial charge in [0.25, 0.3) is 15.9 Å². The fraction of sp³-hybridized carbons (Fsp3) is 0.467. The Balaban J connectivity index is 1.66. The van der Waals surface area contributed by atoms with Gasteiger partial charge in [-0.05, 0) is 26.0 Å². The number of carbonyl (C=O) groups excluding carboxylic acids is 1. The maximum absolute atomic E-state index is 12.6. The predicted octanol–water partition coefficient (Wildman–Crippen LogP) is 0.490. The fourth-order valence-corrected chi connectivity index (χ4v) is 4.13. The summed E-state index contributed by atoms with van der Waals surface area (Å²) in [7, 11) is -3.78. The zero-order valence-electron chi connectivity index (χ0n) is 14.1. The number of furan rings is 1. The monoisotopic (exact) mass is 368 g/mol. The molecule has 1 aliphatic heterocycles. The number of amides is 1. The summed E-state index contributed by atoms with van der Waals surface area (Å²) >= 11 is 0. The molecule has 3 heterocycles. The first-order valence-electron chi connectivity index (χ1n) is 7.83. The maximum atomic E-state index is 12.6. The van der Waals surface area contributed by atoms with Crippen molar-refractivity contribution in [2.75, 3.05) is 26.2 Å². The van der Waals surface area contributed by atoms with Gasteiger partial charge in [0, 0.05) is 38.3 Å². The Morgan fingerprint density at radius 3 is 2.44 bits per heavy atom. The molecule has 0 spiro atoms. The number of carbonyl (C=O) groups is 1. The summed E-state index contributed by atoms with van der Waals surface area (Å²) in [5.74, 6) is -0.191. The Labute approximate surface area is 145 Å². The molecule has 0 atom stereocenters. The van der Waals surface area contributed by atoms with E-state index in [9.17, 15) is 13.2 Å².